The van der Waals surface area contributed by atoms with Crippen LogP contribution in [0, 0.1) is 6.92 Å². The second-order valence-electron chi connectivity index (χ2n) is 5.10. The fourth-order valence-corrected chi connectivity index (χ4v) is 2.77. The number of anilines is 1. The van der Waals surface area contributed by atoms with Crippen LogP contribution in [0.5, 0.6) is 0 Å². The second-order valence-corrected chi connectivity index (χ2v) is 7.55. The minimum atomic E-state index is -3.22. The van der Waals surface area contributed by atoms with Gasteiger partial charge in [0.1, 0.15) is 0 Å². The number of nitrogens with one attached hydrogen (secondary N) is 1. The predicted octanol–water partition coefficient (Wildman–Crippen LogP) is 3.23. The average Bonchev–Trinajstić information content (AvgIpc) is 2.42. The van der Waals surface area contributed by atoms with Crippen LogP contribution in [0.15, 0.2) is 47.4 Å². The van der Waals surface area contributed by atoms with Crippen LogP contribution in [0.3, 0.4) is 0 Å². The van der Waals surface area contributed by atoms with Gasteiger partial charge in [-0.3, -0.25) is 4.79 Å². The van der Waals surface area contributed by atoms with Crippen molar-refractivity contribution >= 4 is 33.0 Å². The van der Waals surface area contributed by atoms with Gasteiger partial charge in [0.2, 0.25) is 5.91 Å². The Morgan fingerprint density at radius 1 is 1.14 bits per heavy atom. The van der Waals surface area contributed by atoms with Crippen molar-refractivity contribution < 1.29 is 13.2 Å². The molecule has 0 atom stereocenters. The smallest absolute Gasteiger partial charge is 0.228 e. The van der Waals surface area contributed by atoms with Gasteiger partial charge in [0.05, 0.1) is 11.3 Å². The van der Waals surface area contributed by atoms with Crippen molar-refractivity contribution in [3.05, 3.63) is 58.6 Å². The molecule has 6 heteroatoms. The fourth-order valence-electron chi connectivity index (χ4n) is 1.96. The van der Waals surface area contributed by atoms with Gasteiger partial charge in [0, 0.05) is 17.0 Å². The molecule has 0 aliphatic rings. The molecular formula is C16H16ClNO3S. The molecule has 0 aliphatic carbocycles. The zero-order valence-electron chi connectivity index (χ0n) is 12.3. The SMILES string of the molecule is Cc1ccc(Cl)cc1NC(=O)Cc1ccc(S(C)(=O)=O)cc1. The van der Waals surface area contributed by atoms with Crippen molar-refractivity contribution in [2.45, 2.75) is 18.2 Å². The Morgan fingerprint density at radius 3 is 2.36 bits per heavy atom. The Labute approximate surface area is 135 Å². The molecule has 0 bridgehead atoms. The maximum Gasteiger partial charge on any atom is 0.228 e. The van der Waals surface area contributed by atoms with Crippen molar-refractivity contribution in [1.82, 2.24) is 0 Å². The molecular weight excluding hydrogens is 322 g/mol. The first-order valence-electron chi connectivity index (χ1n) is 6.61. The van der Waals surface area contributed by atoms with Crippen molar-refractivity contribution in [3.8, 4) is 0 Å². The van der Waals surface area contributed by atoms with E-state index in [2.05, 4.69) is 5.32 Å². The largest absolute Gasteiger partial charge is 0.326 e. The number of hydrogen-bond acceptors (Lipinski definition) is 3. The summed E-state index contributed by atoms with van der Waals surface area (Å²) in [7, 11) is -3.22. The monoisotopic (exact) mass is 337 g/mol. The number of sulfone groups is 1. The van der Waals surface area contributed by atoms with E-state index < -0.39 is 9.84 Å². The van der Waals surface area contributed by atoms with Crippen LogP contribution in [0.2, 0.25) is 5.02 Å². The van der Waals surface area contributed by atoms with Crippen LogP contribution in [-0.4, -0.2) is 20.6 Å². The highest BCUT2D eigenvalue weighted by atomic mass is 35.5. The molecule has 1 N–H and O–H groups in total. The van der Waals surface area contributed by atoms with Crippen molar-refractivity contribution in [2.75, 3.05) is 11.6 Å². The minimum absolute atomic E-state index is 0.163. The Hall–Kier alpha value is -1.85. The van der Waals surface area contributed by atoms with Gasteiger partial charge in [-0.2, -0.15) is 0 Å². The first kappa shape index (κ1) is 16.5. The second kappa shape index (κ2) is 6.50. The fraction of sp³-hybridized carbons (Fsp3) is 0.188. The van der Waals surface area contributed by atoms with Gasteiger partial charge in [0.15, 0.2) is 9.84 Å². The number of halogens is 1. The topological polar surface area (TPSA) is 63.2 Å². The summed E-state index contributed by atoms with van der Waals surface area (Å²) in [5.41, 5.74) is 2.33. The Balaban J connectivity index is 2.07. The van der Waals surface area contributed by atoms with Gasteiger partial charge in [0.25, 0.3) is 0 Å². The molecule has 0 aromatic heterocycles. The molecule has 1 amide bonds. The van der Waals surface area contributed by atoms with Gasteiger partial charge in [-0.05, 0) is 42.3 Å². The lowest BCUT2D eigenvalue weighted by molar-refractivity contribution is -0.115. The number of hydrogen-bond donors (Lipinski definition) is 1. The summed E-state index contributed by atoms with van der Waals surface area (Å²) in [4.78, 5) is 12.3. The molecule has 22 heavy (non-hydrogen) atoms. The predicted molar refractivity (Wildman–Crippen MR) is 88.1 cm³/mol. The average molecular weight is 338 g/mol. The summed E-state index contributed by atoms with van der Waals surface area (Å²) in [6.07, 6.45) is 1.31. The van der Waals surface area contributed by atoms with Crippen molar-refractivity contribution in [2.24, 2.45) is 0 Å². The van der Waals surface area contributed by atoms with Crippen LogP contribution in [0.4, 0.5) is 5.69 Å². The van der Waals surface area contributed by atoms with E-state index in [1.54, 1.807) is 24.3 Å². The molecule has 4 nitrogen and oxygen atoms in total. The summed E-state index contributed by atoms with van der Waals surface area (Å²) < 4.78 is 22.8. The van der Waals surface area contributed by atoms with Crippen LogP contribution in [0.25, 0.3) is 0 Å². The molecule has 0 unspecified atom stereocenters. The Bertz CT molecular complexity index is 799. The van der Waals surface area contributed by atoms with E-state index in [4.69, 9.17) is 11.6 Å². The van der Waals surface area contributed by atoms with E-state index >= 15 is 0 Å². The molecule has 0 radical (unpaired) electrons. The molecule has 0 saturated heterocycles. The van der Waals surface area contributed by atoms with Gasteiger partial charge in [-0.15, -0.1) is 0 Å². The van der Waals surface area contributed by atoms with E-state index in [0.29, 0.717) is 10.7 Å². The molecule has 0 aliphatic heterocycles. The summed E-state index contributed by atoms with van der Waals surface area (Å²) in [6, 6.07) is 11.6. The summed E-state index contributed by atoms with van der Waals surface area (Å²) in [5.74, 6) is -0.183. The number of amides is 1. The third-order valence-electron chi connectivity index (χ3n) is 3.19. The first-order valence-corrected chi connectivity index (χ1v) is 8.87. The summed E-state index contributed by atoms with van der Waals surface area (Å²) in [5, 5.41) is 3.36. The molecule has 2 aromatic carbocycles. The Morgan fingerprint density at radius 2 is 1.77 bits per heavy atom. The van der Waals surface area contributed by atoms with Gasteiger partial charge < -0.3 is 5.32 Å². The third-order valence-corrected chi connectivity index (χ3v) is 4.55. The maximum absolute atomic E-state index is 12.1. The number of benzene rings is 2. The molecule has 0 saturated carbocycles. The highest BCUT2D eigenvalue weighted by Crippen LogP contribution is 2.20. The maximum atomic E-state index is 12.1. The number of carbonyl (C=O) groups excluding carboxylic acids is 1. The lowest BCUT2D eigenvalue weighted by atomic mass is 10.1. The molecule has 0 spiro atoms. The highest BCUT2D eigenvalue weighted by Gasteiger charge is 2.09. The molecule has 116 valence electrons. The zero-order valence-corrected chi connectivity index (χ0v) is 13.8. The first-order chi connectivity index (χ1) is 10.3. The van der Waals surface area contributed by atoms with E-state index in [-0.39, 0.29) is 17.2 Å². The van der Waals surface area contributed by atoms with Crippen molar-refractivity contribution in [3.63, 3.8) is 0 Å². The standard InChI is InChI=1S/C16H16ClNO3S/c1-11-3-6-13(17)10-15(11)18-16(19)9-12-4-7-14(8-5-12)22(2,20)21/h3-8,10H,9H2,1-2H3,(H,18,19). The lowest BCUT2D eigenvalue weighted by Gasteiger charge is -2.09. The molecule has 2 aromatic rings. The normalized spacial score (nSPS) is 11.2. The van der Waals surface area contributed by atoms with Crippen molar-refractivity contribution in [1.29, 1.82) is 0 Å². The zero-order chi connectivity index (χ0) is 16.3. The lowest BCUT2D eigenvalue weighted by Crippen LogP contribution is -2.15. The van der Waals surface area contributed by atoms with E-state index in [0.717, 1.165) is 17.4 Å². The van der Waals surface area contributed by atoms with Crippen LogP contribution < -0.4 is 5.32 Å². The van der Waals surface area contributed by atoms with Gasteiger partial charge in [-0.1, -0.05) is 29.8 Å². The number of aryl methyl sites for hydroxylation is 1. The summed E-state index contributed by atoms with van der Waals surface area (Å²) >= 11 is 5.91. The van der Waals surface area contributed by atoms with E-state index in [1.165, 1.54) is 12.1 Å². The van der Waals surface area contributed by atoms with Crippen LogP contribution in [0.1, 0.15) is 11.1 Å². The Kier molecular flexibility index (Phi) is 4.88. The quantitative estimate of drug-likeness (QED) is 0.931. The third kappa shape index (κ3) is 4.32. The summed E-state index contributed by atoms with van der Waals surface area (Å²) in [6.45, 7) is 1.88. The van der Waals surface area contributed by atoms with Crippen LogP contribution in [-0.2, 0) is 21.1 Å². The molecule has 0 fully saturated rings. The minimum Gasteiger partial charge on any atom is -0.326 e. The molecule has 0 heterocycles. The van der Waals surface area contributed by atoms with E-state index in [9.17, 15) is 13.2 Å². The number of carbonyl (C=O) groups is 1. The van der Waals surface area contributed by atoms with E-state index in [1.807, 2.05) is 13.0 Å². The van der Waals surface area contributed by atoms with Gasteiger partial charge >= 0.3 is 0 Å². The molecule has 2 rings (SSSR count). The highest BCUT2D eigenvalue weighted by molar-refractivity contribution is 7.90. The van der Waals surface area contributed by atoms with Gasteiger partial charge in [-0.25, -0.2) is 8.42 Å². The van der Waals surface area contributed by atoms with Crippen LogP contribution >= 0.6 is 11.6 Å². The number of rotatable bonds is 4.